The lowest BCUT2D eigenvalue weighted by Gasteiger charge is -2.08. The zero-order valence-corrected chi connectivity index (χ0v) is 19.0. The number of benzene rings is 5. The van der Waals surface area contributed by atoms with E-state index in [0.29, 0.717) is 5.56 Å². The van der Waals surface area contributed by atoms with E-state index in [1.165, 1.54) is 53.4 Å². The van der Waals surface area contributed by atoms with Crippen LogP contribution in [0.3, 0.4) is 0 Å². The molecule has 5 aromatic carbocycles. The molecule has 0 aliphatic heterocycles. The predicted octanol–water partition coefficient (Wildman–Crippen LogP) is 8.69. The first-order valence-electron chi connectivity index (χ1n) is 11.3. The molecule has 0 bridgehead atoms. The van der Waals surface area contributed by atoms with Crippen LogP contribution in [0.25, 0.3) is 58.8 Å². The van der Waals surface area contributed by atoms with Gasteiger partial charge in [-0.2, -0.15) is 5.26 Å². The van der Waals surface area contributed by atoms with Crippen LogP contribution in [-0.4, -0.2) is 4.57 Å². The molecule has 0 saturated heterocycles. The van der Waals surface area contributed by atoms with Gasteiger partial charge in [0.1, 0.15) is 0 Å². The van der Waals surface area contributed by atoms with Gasteiger partial charge in [0.25, 0.3) is 0 Å². The molecular weight excluding hydrogens is 432 g/mol. The Bertz CT molecular complexity index is 1920. The first-order chi connectivity index (χ1) is 16.8. The number of rotatable bonds is 2. The van der Waals surface area contributed by atoms with Gasteiger partial charge in [0.15, 0.2) is 0 Å². The summed E-state index contributed by atoms with van der Waals surface area (Å²) < 4.78 is 4.80. The molecule has 0 fully saturated rings. The van der Waals surface area contributed by atoms with E-state index >= 15 is 0 Å². The van der Waals surface area contributed by atoms with Crippen LogP contribution in [0.2, 0.25) is 0 Å². The van der Waals surface area contributed by atoms with E-state index in [9.17, 15) is 5.26 Å². The first kappa shape index (κ1) is 19.1. The fraction of sp³-hybridized carbons (Fsp3) is 0. The van der Waals surface area contributed by atoms with Crippen molar-refractivity contribution in [1.29, 1.82) is 5.26 Å². The Kier molecular flexibility index (Phi) is 4.11. The Hall–Kier alpha value is -4.39. The summed E-state index contributed by atoms with van der Waals surface area (Å²) in [7, 11) is 0. The zero-order valence-electron chi connectivity index (χ0n) is 18.2. The molecule has 2 nitrogen and oxygen atoms in total. The van der Waals surface area contributed by atoms with Crippen molar-refractivity contribution in [2.24, 2.45) is 0 Å². The zero-order chi connectivity index (χ0) is 22.6. The molecular formula is C31H18N2S. The van der Waals surface area contributed by atoms with Crippen LogP contribution in [-0.2, 0) is 0 Å². The Balaban J connectivity index is 1.47. The third-order valence-electron chi connectivity index (χ3n) is 6.62. The van der Waals surface area contributed by atoms with Crippen LogP contribution >= 0.6 is 11.3 Å². The number of nitriles is 1. The van der Waals surface area contributed by atoms with Gasteiger partial charge in [0.05, 0.1) is 22.7 Å². The highest BCUT2D eigenvalue weighted by Crippen LogP contribution is 2.39. The summed E-state index contributed by atoms with van der Waals surface area (Å²) in [4.78, 5) is 0. The maximum atomic E-state index is 9.36. The second-order valence-corrected chi connectivity index (χ2v) is 9.64. The summed E-state index contributed by atoms with van der Waals surface area (Å²) in [5.41, 5.74) is 6.67. The molecule has 0 amide bonds. The molecule has 2 heterocycles. The van der Waals surface area contributed by atoms with Gasteiger partial charge in [-0.1, -0.05) is 48.5 Å². The Morgan fingerprint density at radius 2 is 1.21 bits per heavy atom. The summed E-state index contributed by atoms with van der Waals surface area (Å²) in [5, 5.41) is 14.2. The molecule has 158 valence electrons. The largest absolute Gasteiger partial charge is 0.309 e. The van der Waals surface area contributed by atoms with Gasteiger partial charge < -0.3 is 4.57 Å². The van der Waals surface area contributed by atoms with E-state index in [2.05, 4.69) is 108 Å². The number of nitrogens with zero attached hydrogens (tertiary/aromatic N) is 2. The van der Waals surface area contributed by atoms with Crippen molar-refractivity contribution < 1.29 is 0 Å². The highest BCUT2D eigenvalue weighted by Gasteiger charge is 2.14. The summed E-state index contributed by atoms with van der Waals surface area (Å²) in [5.74, 6) is 0. The molecule has 0 radical (unpaired) electrons. The quantitative estimate of drug-likeness (QED) is 0.259. The highest BCUT2D eigenvalue weighted by atomic mass is 32.1. The minimum atomic E-state index is 0.702. The average Bonchev–Trinajstić information content (AvgIpc) is 3.43. The van der Waals surface area contributed by atoms with Crippen LogP contribution in [0, 0.1) is 11.3 Å². The second kappa shape index (κ2) is 7.31. The number of para-hydroxylation sites is 2. The van der Waals surface area contributed by atoms with Crippen LogP contribution in [0.4, 0.5) is 0 Å². The lowest BCUT2D eigenvalue weighted by molar-refractivity contribution is 1.18. The van der Waals surface area contributed by atoms with Crippen LogP contribution < -0.4 is 0 Å². The van der Waals surface area contributed by atoms with Crippen molar-refractivity contribution >= 4 is 53.3 Å². The van der Waals surface area contributed by atoms with Crippen molar-refractivity contribution in [2.45, 2.75) is 0 Å². The molecule has 3 heteroatoms. The monoisotopic (exact) mass is 450 g/mol. The Labute approximate surface area is 200 Å². The summed E-state index contributed by atoms with van der Waals surface area (Å²) in [6.45, 7) is 0. The van der Waals surface area contributed by atoms with E-state index < -0.39 is 0 Å². The molecule has 0 spiro atoms. The van der Waals surface area contributed by atoms with E-state index in [-0.39, 0.29) is 0 Å². The number of thiophene rings is 1. The minimum absolute atomic E-state index is 0.702. The van der Waals surface area contributed by atoms with Gasteiger partial charge in [0, 0.05) is 36.6 Å². The standard InChI is InChI=1S/C31H18N2S/c32-19-20-10-14-30-26(16-20)27-18-22(12-15-31(27)34-30)21-11-13-29-25(17-21)24-8-4-5-9-28(24)33(29)23-6-2-1-3-7-23/h1-18H. The second-order valence-electron chi connectivity index (χ2n) is 8.56. The molecule has 7 aromatic rings. The Morgan fingerprint density at radius 3 is 2.03 bits per heavy atom. The number of fused-ring (bicyclic) bond motifs is 6. The van der Waals surface area contributed by atoms with Gasteiger partial charge in [-0.3, -0.25) is 0 Å². The van der Waals surface area contributed by atoms with Gasteiger partial charge in [-0.25, -0.2) is 0 Å². The van der Waals surface area contributed by atoms with Gasteiger partial charge in [-0.05, 0) is 71.8 Å². The average molecular weight is 451 g/mol. The fourth-order valence-electron chi connectivity index (χ4n) is 5.03. The molecule has 0 saturated carbocycles. The highest BCUT2D eigenvalue weighted by molar-refractivity contribution is 7.25. The van der Waals surface area contributed by atoms with Crippen molar-refractivity contribution in [3.05, 3.63) is 115 Å². The summed E-state index contributed by atoms with van der Waals surface area (Å²) in [6.07, 6.45) is 0. The van der Waals surface area contributed by atoms with E-state index in [0.717, 1.165) is 5.39 Å². The first-order valence-corrected chi connectivity index (χ1v) is 12.1. The molecule has 0 unspecified atom stereocenters. The minimum Gasteiger partial charge on any atom is -0.309 e. The molecule has 34 heavy (non-hydrogen) atoms. The van der Waals surface area contributed by atoms with Crippen molar-refractivity contribution in [2.75, 3.05) is 0 Å². The van der Waals surface area contributed by atoms with Crippen LogP contribution in [0.5, 0.6) is 0 Å². The van der Waals surface area contributed by atoms with Gasteiger partial charge in [0.2, 0.25) is 0 Å². The molecule has 7 rings (SSSR count). The summed E-state index contributed by atoms with van der Waals surface area (Å²) >= 11 is 1.78. The maximum Gasteiger partial charge on any atom is 0.0991 e. The fourth-order valence-corrected chi connectivity index (χ4v) is 6.10. The smallest absolute Gasteiger partial charge is 0.0991 e. The normalized spacial score (nSPS) is 11.5. The topological polar surface area (TPSA) is 28.7 Å². The van der Waals surface area contributed by atoms with E-state index in [1.54, 1.807) is 11.3 Å². The van der Waals surface area contributed by atoms with E-state index in [1.807, 2.05) is 12.1 Å². The lowest BCUT2D eigenvalue weighted by atomic mass is 10.0. The maximum absolute atomic E-state index is 9.36. The van der Waals surface area contributed by atoms with Crippen molar-refractivity contribution in [3.63, 3.8) is 0 Å². The molecule has 0 N–H and O–H groups in total. The molecule has 0 atom stereocenters. The Morgan fingerprint density at radius 1 is 0.559 bits per heavy atom. The van der Waals surface area contributed by atoms with Gasteiger partial charge in [-0.15, -0.1) is 11.3 Å². The number of hydrogen-bond acceptors (Lipinski definition) is 2. The lowest BCUT2D eigenvalue weighted by Crippen LogP contribution is -1.92. The predicted molar refractivity (Wildman–Crippen MR) is 144 cm³/mol. The molecule has 2 aromatic heterocycles. The third-order valence-corrected chi connectivity index (χ3v) is 7.77. The number of hydrogen-bond donors (Lipinski definition) is 0. The van der Waals surface area contributed by atoms with E-state index in [4.69, 9.17) is 0 Å². The number of aromatic nitrogens is 1. The molecule has 0 aliphatic carbocycles. The summed E-state index contributed by atoms with van der Waals surface area (Å²) in [6, 6.07) is 40.9. The van der Waals surface area contributed by atoms with Crippen molar-refractivity contribution in [1.82, 2.24) is 4.57 Å². The van der Waals surface area contributed by atoms with Crippen LogP contribution in [0.1, 0.15) is 5.56 Å². The van der Waals surface area contributed by atoms with Gasteiger partial charge >= 0.3 is 0 Å². The third kappa shape index (κ3) is 2.80. The van der Waals surface area contributed by atoms with Crippen LogP contribution in [0.15, 0.2) is 109 Å². The molecule has 0 aliphatic rings. The van der Waals surface area contributed by atoms with Crippen molar-refractivity contribution in [3.8, 4) is 22.9 Å². The SMILES string of the molecule is N#Cc1ccc2sc3ccc(-c4ccc5c(c4)c4ccccc4n5-c4ccccc4)cc3c2c1.